The molecule has 5 heteroatoms. The molecule has 1 aromatic heterocycles. The minimum Gasteiger partial charge on any atom is -0.508 e. The summed E-state index contributed by atoms with van der Waals surface area (Å²) < 4.78 is 2.07. The molecule has 1 aliphatic rings. The maximum absolute atomic E-state index is 9.34. The average molecular weight is 245 g/mol. The molecule has 0 radical (unpaired) electrons. The molecule has 0 spiro atoms. The molecule has 5 nitrogen and oxygen atoms in total. The van der Waals surface area contributed by atoms with Crippen LogP contribution in [0, 0.1) is 0 Å². The molecule has 3 rings (SSSR count). The third-order valence-electron chi connectivity index (χ3n) is 3.42. The van der Waals surface area contributed by atoms with Crippen molar-refractivity contribution in [2.45, 2.75) is 25.3 Å². The van der Waals surface area contributed by atoms with Gasteiger partial charge in [0.25, 0.3) is 0 Å². The van der Waals surface area contributed by atoms with Gasteiger partial charge in [0.15, 0.2) is 5.82 Å². The lowest BCUT2D eigenvalue weighted by Gasteiger charge is -2.21. The van der Waals surface area contributed by atoms with E-state index in [1.54, 1.807) is 12.1 Å². The minimum atomic E-state index is 0.0946. The van der Waals surface area contributed by atoms with E-state index in [1.165, 1.54) is 0 Å². The van der Waals surface area contributed by atoms with Gasteiger partial charge in [-0.2, -0.15) is 0 Å². The van der Waals surface area contributed by atoms with Crippen LogP contribution in [0.3, 0.4) is 0 Å². The number of fused-ring (bicyclic) bond motifs is 1. The summed E-state index contributed by atoms with van der Waals surface area (Å²) in [4.78, 5) is 0. The monoisotopic (exact) mass is 245 g/mol. The number of aromatic nitrogens is 3. The van der Waals surface area contributed by atoms with Crippen LogP contribution in [0.1, 0.15) is 24.6 Å². The molecule has 2 aromatic rings. The minimum absolute atomic E-state index is 0.0946. The zero-order valence-corrected chi connectivity index (χ0v) is 9.95. The molecule has 2 N–H and O–H groups in total. The molecule has 2 heterocycles. The van der Waals surface area contributed by atoms with Crippen LogP contribution in [0.5, 0.6) is 5.75 Å². The quantitative estimate of drug-likeness (QED) is 0.841. The number of rotatable bonds is 2. The second kappa shape index (κ2) is 4.42. The van der Waals surface area contributed by atoms with Crippen LogP contribution in [0.2, 0.25) is 0 Å². The summed E-state index contributed by atoms with van der Waals surface area (Å²) in [5, 5.41) is 27.1. The number of aliphatic hydroxyl groups excluding tert-OH is 1. The van der Waals surface area contributed by atoms with Gasteiger partial charge in [-0.25, -0.2) is 0 Å². The molecule has 1 atom stereocenters. The lowest BCUT2D eigenvalue weighted by molar-refractivity contribution is 0.238. The number of nitrogens with zero attached hydrogens (tertiary/aromatic N) is 3. The van der Waals surface area contributed by atoms with Crippen LogP contribution >= 0.6 is 0 Å². The van der Waals surface area contributed by atoms with Gasteiger partial charge in [0.1, 0.15) is 11.6 Å². The molecular formula is C13H15N3O2. The van der Waals surface area contributed by atoms with Crippen molar-refractivity contribution in [1.82, 2.24) is 14.8 Å². The number of phenolic OH excluding ortho intramolecular Hbond substituents is 1. The van der Waals surface area contributed by atoms with Gasteiger partial charge in [-0.1, -0.05) is 0 Å². The number of phenols is 1. The number of aliphatic hydroxyl groups is 1. The summed E-state index contributed by atoms with van der Waals surface area (Å²) in [6, 6.07) is 6.94. The van der Waals surface area contributed by atoms with Gasteiger partial charge in [-0.15, -0.1) is 10.2 Å². The fourth-order valence-electron chi connectivity index (χ4n) is 2.46. The Labute approximate surface area is 105 Å². The smallest absolute Gasteiger partial charge is 0.163 e. The van der Waals surface area contributed by atoms with E-state index >= 15 is 0 Å². The molecule has 0 saturated heterocycles. The number of hydrogen-bond donors (Lipinski definition) is 2. The Kier molecular flexibility index (Phi) is 2.76. The standard InChI is InChI=1S/C13H15N3O2/c17-8-10-2-1-7-16-12(14-15-13(10)16)9-3-5-11(18)6-4-9/h3-6,10,17-18H,1-2,7-8H2. The number of hydrogen-bond acceptors (Lipinski definition) is 4. The van der Waals surface area contributed by atoms with E-state index in [1.807, 2.05) is 12.1 Å². The fourth-order valence-corrected chi connectivity index (χ4v) is 2.46. The molecule has 0 bridgehead atoms. The first kappa shape index (κ1) is 11.2. The molecule has 0 fully saturated rings. The van der Waals surface area contributed by atoms with E-state index in [0.717, 1.165) is 36.6 Å². The van der Waals surface area contributed by atoms with Gasteiger partial charge < -0.3 is 14.8 Å². The SMILES string of the molecule is OCC1CCCn2c(-c3ccc(O)cc3)nnc21. The van der Waals surface area contributed by atoms with Crippen molar-refractivity contribution in [2.24, 2.45) is 0 Å². The number of benzene rings is 1. The second-order valence-corrected chi connectivity index (χ2v) is 4.60. The van der Waals surface area contributed by atoms with E-state index in [9.17, 15) is 10.2 Å². The zero-order chi connectivity index (χ0) is 12.5. The lowest BCUT2D eigenvalue weighted by Crippen LogP contribution is -2.19. The third kappa shape index (κ3) is 1.76. The van der Waals surface area contributed by atoms with Crippen molar-refractivity contribution in [2.75, 3.05) is 6.61 Å². The van der Waals surface area contributed by atoms with Gasteiger partial charge in [0.05, 0.1) is 6.61 Å². The van der Waals surface area contributed by atoms with E-state index in [0.29, 0.717) is 0 Å². The molecule has 0 aliphatic carbocycles. The summed E-state index contributed by atoms with van der Waals surface area (Å²) in [7, 11) is 0. The maximum Gasteiger partial charge on any atom is 0.163 e. The zero-order valence-electron chi connectivity index (χ0n) is 9.95. The Balaban J connectivity index is 2.04. The molecule has 0 amide bonds. The van der Waals surface area contributed by atoms with E-state index in [4.69, 9.17) is 0 Å². The van der Waals surface area contributed by atoms with E-state index in [2.05, 4.69) is 14.8 Å². The topological polar surface area (TPSA) is 71.2 Å². The predicted molar refractivity (Wildman–Crippen MR) is 66.2 cm³/mol. The van der Waals surface area contributed by atoms with Crippen molar-refractivity contribution in [3.63, 3.8) is 0 Å². The Hall–Kier alpha value is -1.88. The summed E-state index contributed by atoms with van der Waals surface area (Å²) >= 11 is 0. The van der Waals surface area contributed by atoms with Crippen molar-refractivity contribution in [1.29, 1.82) is 0 Å². The van der Waals surface area contributed by atoms with Gasteiger partial charge in [-0.3, -0.25) is 0 Å². The Bertz CT molecular complexity index is 548. The fraction of sp³-hybridized carbons (Fsp3) is 0.385. The predicted octanol–water partition coefficient (Wildman–Crippen LogP) is 1.52. The van der Waals surface area contributed by atoms with E-state index in [-0.39, 0.29) is 18.3 Å². The Morgan fingerprint density at radius 1 is 1.22 bits per heavy atom. The highest BCUT2D eigenvalue weighted by atomic mass is 16.3. The van der Waals surface area contributed by atoms with Crippen LogP contribution in [0.4, 0.5) is 0 Å². The second-order valence-electron chi connectivity index (χ2n) is 4.60. The molecule has 94 valence electrons. The first-order chi connectivity index (χ1) is 8.79. The normalized spacial score (nSPS) is 18.6. The lowest BCUT2D eigenvalue weighted by atomic mass is 10.00. The van der Waals surface area contributed by atoms with Crippen molar-refractivity contribution in [3.8, 4) is 17.1 Å². The molecule has 0 saturated carbocycles. The van der Waals surface area contributed by atoms with Crippen molar-refractivity contribution >= 4 is 0 Å². The molecular weight excluding hydrogens is 230 g/mol. The van der Waals surface area contributed by atoms with Gasteiger partial charge >= 0.3 is 0 Å². The summed E-state index contributed by atoms with van der Waals surface area (Å²) in [5.41, 5.74) is 0.935. The van der Waals surface area contributed by atoms with E-state index < -0.39 is 0 Å². The van der Waals surface area contributed by atoms with Gasteiger partial charge in [0.2, 0.25) is 0 Å². The highest BCUT2D eigenvalue weighted by molar-refractivity contribution is 5.56. The Morgan fingerprint density at radius 2 is 2.00 bits per heavy atom. The number of aromatic hydroxyl groups is 1. The third-order valence-corrected chi connectivity index (χ3v) is 3.42. The van der Waals surface area contributed by atoms with Crippen molar-refractivity contribution < 1.29 is 10.2 Å². The van der Waals surface area contributed by atoms with Crippen LogP contribution in [0.15, 0.2) is 24.3 Å². The average Bonchev–Trinajstić information content (AvgIpc) is 2.83. The molecule has 1 aliphatic heterocycles. The summed E-state index contributed by atoms with van der Waals surface area (Å²) in [5.74, 6) is 2.01. The highest BCUT2D eigenvalue weighted by Crippen LogP contribution is 2.30. The molecule has 18 heavy (non-hydrogen) atoms. The van der Waals surface area contributed by atoms with Crippen LogP contribution in [-0.2, 0) is 6.54 Å². The summed E-state index contributed by atoms with van der Waals surface area (Å²) in [6.45, 7) is 1.00. The molecule has 1 aromatic carbocycles. The first-order valence-corrected chi connectivity index (χ1v) is 6.13. The maximum atomic E-state index is 9.34. The molecule has 1 unspecified atom stereocenters. The van der Waals surface area contributed by atoms with Gasteiger partial charge in [-0.05, 0) is 37.1 Å². The van der Waals surface area contributed by atoms with Crippen LogP contribution in [0.25, 0.3) is 11.4 Å². The van der Waals surface area contributed by atoms with Gasteiger partial charge in [0, 0.05) is 18.0 Å². The largest absolute Gasteiger partial charge is 0.508 e. The first-order valence-electron chi connectivity index (χ1n) is 6.13. The van der Waals surface area contributed by atoms with Crippen LogP contribution in [-0.4, -0.2) is 31.6 Å². The highest BCUT2D eigenvalue weighted by Gasteiger charge is 2.24. The van der Waals surface area contributed by atoms with Crippen LogP contribution < -0.4 is 0 Å². The Morgan fingerprint density at radius 3 is 2.72 bits per heavy atom. The van der Waals surface area contributed by atoms with Crippen molar-refractivity contribution in [3.05, 3.63) is 30.1 Å². The summed E-state index contributed by atoms with van der Waals surface area (Å²) in [6.07, 6.45) is 1.99.